The van der Waals surface area contributed by atoms with E-state index in [-0.39, 0.29) is 32.6 Å². The van der Waals surface area contributed by atoms with E-state index < -0.39 is 28.0 Å². The smallest absolute Gasteiger partial charge is 0.339 e. The number of rotatable bonds is 6. The molecule has 1 fully saturated rings. The van der Waals surface area contributed by atoms with Gasteiger partial charge >= 0.3 is 16.1 Å². The number of urea groups is 1. The molecule has 0 bridgehead atoms. The lowest BCUT2D eigenvalue weighted by Crippen LogP contribution is -2.54. The Hall–Kier alpha value is -4.15. The number of carbonyl (C=O) groups is 3. The third-order valence-corrected chi connectivity index (χ3v) is 7.43. The molecule has 1 aliphatic heterocycles. The number of amides is 4. The van der Waals surface area contributed by atoms with Gasteiger partial charge in [0.2, 0.25) is 5.75 Å². The van der Waals surface area contributed by atoms with Crippen molar-refractivity contribution < 1.29 is 31.7 Å². The van der Waals surface area contributed by atoms with E-state index in [1.165, 1.54) is 37.5 Å². The number of aryl methyl sites for hydroxylation is 3. The molecule has 3 aromatic rings. The van der Waals surface area contributed by atoms with Crippen molar-refractivity contribution >= 4 is 51.3 Å². The van der Waals surface area contributed by atoms with Gasteiger partial charge in [0, 0.05) is 0 Å². The Morgan fingerprint density at radius 3 is 2.24 bits per heavy atom. The van der Waals surface area contributed by atoms with Gasteiger partial charge in [-0.25, -0.2) is 9.69 Å². The lowest BCUT2D eigenvalue weighted by molar-refractivity contribution is -0.122. The summed E-state index contributed by atoms with van der Waals surface area (Å²) in [4.78, 5) is 39.1. The minimum absolute atomic E-state index is 0.0502. The number of ether oxygens (including phenoxy) is 1. The number of barbiturate groups is 1. The maximum atomic E-state index is 13.2. The molecule has 3 aromatic carbocycles. The van der Waals surface area contributed by atoms with Crippen molar-refractivity contribution in [1.82, 2.24) is 5.32 Å². The van der Waals surface area contributed by atoms with E-state index in [0.29, 0.717) is 5.69 Å². The zero-order valence-corrected chi connectivity index (χ0v) is 22.4. The summed E-state index contributed by atoms with van der Waals surface area (Å²) >= 11 is 6.35. The van der Waals surface area contributed by atoms with Gasteiger partial charge in [0.1, 0.15) is 10.5 Å². The predicted molar refractivity (Wildman–Crippen MR) is 142 cm³/mol. The topological polar surface area (TPSA) is 119 Å². The van der Waals surface area contributed by atoms with E-state index in [1.54, 1.807) is 30.3 Å². The van der Waals surface area contributed by atoms with Crippen molar-refractivity contribution in [3.05, 3.63) is 87.4 Å². The van der Waals surface area contributed by atoms with Crippen LogP contribution in [0.1, 0.15) is 22.3 Å². The molecular weight excluding hydrogens is 532 g/mol. The quantitative estimate of drug-likeness (QED) is 0.266. The fourth-order valence-electron chi connectivity index (χ4n) is 3.69. The van der Waals surface area contributed by atoms with Gasteiger partial charge in [0.25, 0.3) is 11.8 Å². The van der Waals surface area contributed by atoms with Crippen molar-refractivity contribution in [2.75, 3.05) is 12.0 Å². The molecule has 0 aromatic heterocycles. The maximum absolute atomic E-state index is 13.2. The summed E-state index contributed by atoms with van der Waals surface area (Å²) < 4.78 is 36.1. The van der Waals surface area contributed by atoms with Crippen LogP contribution in [0.3, 0.4) is 0 Å². The number of benzene rings is 3. The molecule has 9 nitrogen and oxygen atoms in total. The first-order valence-electron chi connectivity index (χ1n) is 11.3. The molecule has 11 heteroatoms. The summed E-state index contributed by atoms with van der Waals surface area (Å²) in [6.07, 6.45) is 1.23. The molecule has 196 valence electrons. The first-order valence-corrected chi connectivity index (χ1v) is 13.1. The fraction of sp³-hybridized carbons (Fsp3) is 0.148. The van der Waals surface area contributed by atoms with Crippen molar-refractivity contribution in [1.29, 1.82) is 0 Å². The molecule has 4 amide bonds. The van der Waals surface area contributed by atoms with Gasteiger partial charge in [0.05, 0.1) is 17.8 Å². The van der Waals surface area contributed by atoms with Gasteiger partial charge in [0.15, 0.2) is 5.75 Å². The number of hydrogen-bond acceptors (Lipinski definition) is 7. The second-order valence-electron chi connectivity index (χ2n) is 8.61. The molecule has 4 rings (SSSR count). The Balaban J connectivity index is 1.70. The highest BCUT2D eigenvalue weighted by Gasteiger charge is 2.37. The Bertz CT molecular complexity index is 1610. The van der Waals surface area contributed by atoms with Crippen LogP contribution in [0.2, 0.25) is 5.02 Å². The first-order chi connectivity index (χ1) is 17.9. The minimum atomic E-state index is -4.24. The Morgan fingerprint density at radius 1 is 0.921 bits per heavy atom. The largest absolute Gasteiger partial charge is 0.493 e. The van der Waals surface area contributed by atoms with Crippen molar-refractivity contribution in [2.24, 2.45) is 0 Å². The molecule has 0 radical (unpaired) electrons. The van der Waals surface area contributed by atoms with Gasteiger partial charge < -0.3 is 8.92 Å². The molecule has 0 atom stereocenters. The van der Waals surface area contributed by atoms with Gasteiger partial charge in [-0.15, -0.1) is 0 Å². The Kier molecular flexibility index (Phi) is 7.30. The molecule has 0 aliphatic carbocycles. The van der Waals surface area contributed by atoms with Gasteiger partial charge in [-0.3, -0.25) is 14.9 Å². The number of nitrogens with one attached hydrogen (secondary N) is 1. The van der Waals surface area contributed by atoms with Gasteiger partial charge in [-0.05, 0) is 79.9 Å². The lowest BCUT2D eigenvalue weighted by Gasteiger charge is -2.27. The van der Waals surface area contributed by atoms with E-state index in [4.69, 9.17) is 20.5 Å². The second-order valence-corrected chi connectivity index (χ2v) is 10.6. The number of imide groups is 2. The molecule has 1 N–H and O–H groups in total. The van der Waals surface area contributed by atoms with E-state index >= 15 is 0 Å². The Labute approximate surface area is 224 Å². The predicted octanol–water partition coefficient (Wildman–Crippen LogP) is 4.71. The SMILES string of the molecule is COc1cc(/C=C2\C(=O)NC(=O)N(c3ccc(C)c(C)c3)C2=O)cc(Cl)c1OS(=O)(=O)c1ccc(C)cc1. The number of carbonyl (C=O) groups excluding carboxylic acids is 3. The highest BCUT2D eigenvalue weighted by molar-refractivity contribution is 7.87. The third-order valence-electron chi connectivity index (χ3n) is 5.92. The number of hydrogen-bond donors (Lipinski definition) is 1. The van der Waals surface area contributed by atoms with Crippen LogP contribution in [0, 0.1) is 20.8 Å². The monoisotopic (exact) mass is 554 g/mol. The summed E-state index contributed by atoms with van der Waals surface area (Å²) in [6.45, 7) is 5.55. The zero-order valence-electron chi connectivity index (χ0n) is 20.9. The summed E-state index contributed by atoms with van der Waals surface area (Å²) in [5.41, 5.74) is 2.91. The summed E-state index contributed by atoms with van der Waals surface area (Å²) in [6, 6.07) is 12.9. The normalized spacial score (nSPS) is 15.0. The van der Waals surface area contributed by atoms with Crippen LogP contribution in [-0.4, -0.2) is 33.4 Å². The first kappa shape index (κ1) is 26.9. The van der Waals surface area contributed by atoms with E-state index in [1.807, 2.05) is 20.8 Å². The molecule has 38 heavy (non-hydrogen) atoms. The molecule has 1 aliphatic rings. The lowest BCUT2D eigenvalue weighted by atomic mass is 10.0. The fourth-order valence-corrected chi connectivity index (χ4v) is 4.95. The van der Waals surface area contributed by atoms with Crippen LogP contribution in [0.4, 0.5) is 10.5 Å². The van der Waals surface area contributed by atoms with Crippen LogP contribution in [0.5, 0.6) is 11.5 Å². The average molecular weight is 555 g/mol. The molecule has 0 saturated carbocycles. The summed E-state index contributed by atoms with van der Waals surface area (Å²) in [5.74, 6) is -2.04. The highest BCUT2D eigenvalue weighted by atomic mass is 35.5. The van der Waals surface area contributed by atoms with Crippen molar-refractivity contribution in [3.63, 3.8) is 0 Å². The zero-order chi connectivity index (χ0) is 27.8. The molecule has 0 spiro atoms. The van der Waals surface area contributed by atoms with E-state index in [9.17, 15) is 22.8 Å². The average Bonchev–Trinajstić information content (AvgIpc) is 2.85. The summed E-state index contributed by atoms with van der Waals surface area (Å²) in [7, 11) is -2.95. The van der Waals surface area contributed by atoms with E-state index in [2.05, 4.69) is 5.32 Å². The van der Waals surface area contributed by atoms with Gasteiger partial charge in [-0.1, -0.05) is 35.4 Å². The van der Waals surface area contributed by atoms with Crippen molar-refractivity contribution in [3.8, 4) is 11.5 Å². The summed E-state index contributed by atoms with van der Waals surface area (Å²) in [5, 5.41) is 2.02. The van der Waals surface area contributed by atoms with Crippen LogP contribution in [0.15, 0.2) is 65.1 Å². The Morgan fingerprint density at radius 2 is 1.61 bits per heavy atom. The number of anilines is 1. The second kappa shape index (κ2) is 10.3. The van der Waals surface area contributed by atoms with Crippen LogP contribution in [0.25, 0.3) is 6.08 Å². The molecular formula is C27H23ClN2O7S. The standard InChI is InChI=1S/C27H23ClN2O7S/c1-15-5-9-20(10-6-15)38(34,35)37-24-22(28)13-18(14-23(24)36-4)12-21-25(31)29-27(33)30(26(21)32)19-8-7-16(2)17(3)11-19/h5-14H,1-4H3,(H,29,31,33)/b21-12+. The maximum Gasteiger partial charge on any atom is 0.339 e. The molecule has 1 saturated heterocycles. The molecule has 1 heterocycles. The highest BCUT2D eigenvalue weighted by Crippen LogP contribution is 2.39. The third kappa shape index (κ3) is 5.27. The number of nitrogens with zero attached hydrogens (tertiary/aromatic N) is 1. The minimum Gasteiger partial charge on any atom is -0.493 e. The van der Waals surface area contributed by atoms with Gasteiger partial charge in [-0.2, -0.15) is 8.42 Å². The van der Waals surface area contributed by atoms with E-state index in [0.717, 1.165) is 21.6 Å². The number of halogens is 1. The van der Waals surface area contributed by atoms with Crippen molar-refractivity contribution in [2.45, 2.75) is 25.7 Å². The molecule has 0 unspecified atom stereocenters. The van der Waals surface area contributed by atoms with Crippen LogP contribution < -0.4 is 19.1 Å². The number of methoxy groups -OCH3 is 1. The van der Waals surface area contributed by atoms with Crippen LogP contribution in [-0.2, 0) is 19.7 Å². The van der Waals surface area contributed by atoms with Crippen LogP contribution >= 0.6 is 11.6 Å².